The zero-order valence-electron chi connectivity index (χ0n) is 13.2. The van der Waals surface area contributed by atoms with Gasteiger partial charge in [-0.2, -0.15) is 12.6 Å². The van der Waals surface area contributed by atoms with Crippen LogP contribution in [0.5, 0.6) is 0 Å². The molecule has 0 aliphatic rings. The van der Waals surface area contributed by atoms with E-state index in [-0.39, 0.29) is 0 Å². The summed E-state index contributed by atoms with van der Waals surface area (Å²) in [4.78, 5) is 0. The Hall–Kier alpha value is 0.487. The largest absolute Gasteiger partial charge is 0.395 e. The van der Waals surface area contributed by atoms with Gasteiger partial charge in [-0.25, -0.2) is 0 Å². The van der Waals surface area contributed by atoms with Crippen LogP contribution in [-0.2, 0) is 8.85 Å². The number of rotatable bonds is 14. The first-order valence-corrected chi connectivity index (χ1v) is 11.2. The van der Waals surface area contributed by atoms with Gasteiger partial charge in [0.05, 0.1) is 0 Å². The lowest BCUT2D eigenvalue weighted by molar-refractivity contribution is 0.188. The monoisotopic (exact) mass is 306 g/mol. The van der Waals surface area contributed by atoms with Crippen molar-refractivity contribution in [1.29, 1.82) is 0 Å². The summed E-state index contributed by atoms with van der Waals surface area (Å²) >= 11 is 4.23. The maximum absolute atomic E-state index is 5.85. The topological polar surface area (TPSA) is 18.5 Å². The molecule has 0 N–H and O–H groups in total. The Morgan fingerprint density at radius 3 is 1.58 bits per heavy atom. The van der Waals surface area contributed by atoms with E-state index in [0.717, 1.165) is 25.0 Å². The van der Waals surface area contributed by atoms with Gasteiger partial charge in [0.25, 0.3) is 0 Å². The van der Waals surface area contributed by atoms with Crippen molar-refractivity contribution in [3.8, 4) is 0 Å². The summed E-state index contributed by atoms with van der Waals surface area (Å²) in [5.41, 5.74) is 0. The average molecular weight is 307 g/mol. The highest BCUT2D eigenvalue weighted by Crippen LogP contribution is 2.19. The molecule has 0 amide bonds. The summed E-state index contributed by atoms with van der Waals surface area (Å²) in [6.45, 7) is 7.91. The van der Waals surface area contributed by atoms with Crippen LogP contribution in [-0.4, -0.2) is 27.5 Å². The Labute approximate surface area is 127 Å². The fourth-order valence-corrected chi connectivity index (χ4v) is 5.12. The van der Waals surface area contributed by atoms with Gasteiger partial charge < -0.3 is 8.85 Å². The third-order valence-electron chi connectivity index (χ3n) is 3.44. The first kappa shape index (κ1) is 19.5. The van der Waals surface area contributed by atoms with Crippen LogP contribution in [0.2, 0.25) is 12.6 Å². The number of hydrogen-bond acceptors (Lipinski definition) is 3. The molecule has 0 aromatic rings. The Morgan fingerprint density at radius 1 is 0.737 bits per heavy atom. The molecule has 4 heteroatoms. The van der Waals surface area contributed by atoms with E-state index in [1.54, 1.807) is 0 Å². The maximum atomic E-state index is 5.85. The number of hydrogen-bond donors (Lipinski definition) is 1. The minimum absolute atomic E-state index is 0.786. The molecular weight excluding hydrogens is 272 g/mol. The van der Waals surface area contributed by atoms with E-state index in [2.05, 4.69) is 33.0 Å². The van der Waals surface area contributed by atoms with Crippen LogP contribution in [0.4, 0.5) is 0 Å². The molecule has 0 aromatic heterocycles. The molecule has 0 saturated heterocycles. The molecule has 0 rings (SSSR count). The van der Waals surface area contributed by atoms with Crippen LogP contribution in [0, 0.1) is 0 Å². The molecule has 0 unspecified atom stereocenters. The van der Waals surface area contributed by atoms with Crippen LogP contribution in [0.3, 0.4) is 0 Å². The molecule has 0 spiro atoms. The molecule has 0 heterocycles. The smallest absolute Gasteiger partial charge is 0.334 e. The van der Waals surface area contributed by atoms with Crippen molar-refractivity contribution in [3.63, 3.8) is 0 Å². The van der Waals surface area contributed by atoms with Gasteiger partial charge in [-0.05, 0) is 38.6 Å². The molecular formula is C15H34O2SSi. The van der Waals surface area contributed by atoms with E-state index >= 15 is 0 Å². The maximum Gasteiger partial charge on any atom is 0.334 e. The molecule has 0 atom stereocenters. The standard InChI is InChI=1S/C15H34O2SSi/c1-4-16-19(3,17-5-2)15-13-11-9-7-6-8-10-12-14-18/h18H,4-15H2,1-3H3. The summed E-state index contributed by atoms with van der Waals surface area (Å²) in [6, 6.07) is 1.15. The van der Waals surface area contributed by atoms with E-state index in [1.807, 2.05) is 0 Å². The quantitative estimate of drug-likeness (QED) is 0.271. The van der Waals surface area contributed by atoms with Crippen molar-refractivity contribution in [1.82, 2.24) is 0 Å². The predicted molar refractivity (Wildman–Crippen MR) is 90.5 cm³/mol. The summed E-state index contributed by atoms with van der Waals surface area (Å²) in [5, 5.41) is 0. The van der Waals surface area contributed by atoms with E-state index in [1.165, 1.54) is 51.4 Å². The molecule has 0 radical (unpaired) electrons. The molecule has 116 valence electrons. The molecule has 0 saturated carbocycles. The van der Waals surface area contributed by atoms with Gasteiger partial charge in [0.15, 0.2) is 0 Å². The molecule has 0 aromatic carbocycles. The Morgan fingerprint density at radius 2 is 1.16 bits per heavy atom. The van der Waals surface area contributed by atoms with Crippen molar-refractivity contribution in [3.05, 3.63) is 0 Å². The number of thiol groups is 1. The van der Waals surface area contributed by atoms with Crippen molar-refractivity contribution in [2.75, 3.05) is 19.0 Å². The molecule has 0 fully saturated rings. The lowest BCUT2D eigenvalue weighted by atomic mass is 10.1. The lowest BCUT2D eigenvalue weighted by Gasteiger charge is -2.25. The van der Waals surface area contributed by atoms with Crippen LogP contribution >= 0.6 is 12.6 Å². The second-order valence-corrected chi connectivity index (χ2v) is 9.09. The van der Waals surface area contributed by atoms with E-state index in [9.17, 15) is 0 Å². The molecule has 0 bridgehead atoms. The molecule has 2 nitrogen and oxygen atoms in total. The minimum atomic E-state index is -1.84. The fourth-order valence-electron chi connectivity index (χ4n) is 2.42. The Bertz CT molecular complexity index is 185. The third kappa shape index (κ3) is 12.0. The molecule has 0 aliphatic carbocycles. The van der Waals surface area contributed by atoms with Crippen molar-refractivity contribution >= 4 is 21.2 Å². The van der Waals surface area contributed by atoms with Crippen LogP contribution in [0.25, 0.3) is 0 Å². The number of unbranched alkanes of at least 4 members (excludes halogenated alkanes) is 7. The van der Waals surface area contributed by atoms with Crippen LogP contribution < -0.4 is 0 Å². The highest BCUT2D eigenvalue weighted by atomic mass is 32.1. The summed E-state index contributed by atoms with van der Waals surface area (Å²) in [7, 11) is -1.84. The van der Waals surface area contributed by atoms with Crippen LogP contribution in [0.15, 0.2) is 0 Å². The summed E-state index contributed by atoms with van der Waals surface area (Å²) in [5.74, 6) is 1.04. The summed E-state index contributed by atoms with van der Waals surface area (Å²) < 4.78 is 11.7. The van der Waals surface area contributed by atoms with Gasteiger partial charge in [-0.3, -0.25) is 0 Å². The lowest BCUT2D eigenvalue weighted by Crippen LogP contribution is -2.38. The van der Waals surface area contributed by atoms with E-state index in [4.69, 9.17) is 8.85 Å². The predicted octanol–water partition coefficient (Wildman–Crippen LogP) is 5.18. The second-order valence-electron chi connectivity index (χ2n) is 5.30. The van der Waals surface area contributed by atoms with E-state index < -0.39 is 8.56 Å². The highest BCUT2D eigenvalue weighted by Gasteiger charge is 2.29. The van der Waals surface area contributed by atoms with Gasteiger partial charge in [0.1, 0.15) is 0 Å². The zero-order valence-corrected chi connectivity index (χ0v) is 15.1. The molecule has 19 heavy (non-hydrogen) atoms. The first-order chi connectivity index (χ1) is 9.18. The van der Waals surface area contributed by atoms with Crippen molar-refractivity contribution < 1.29 is 8.85 Å². The Kier molecular flexibility index (Phi) is 13.8. The van der Waals surface area contributed by atoms with Gasteiger partial charge in [0.2, 0.25) is 0 Å². The summed E-state index contributed by atoms with van der Waals surface area (Å²) in [6.07, 6.45) is 10.7. The minimum Gasteiger partial charge on any atom is -0.395 e. The van der Waals surface area contributed by atoms with Crippen molar-refractivity contribution in [2.45, 2.75) is 77.8 Å². The SMILES string of the molecule is CCO[Si](C)(CCCCCCCCCCS)OCC. The van der Waals surface area contributed by atoms with Gasteiger partial charge >= 0.3 is 8.56 Å². The van der Waals surface area contributed by atoms with Gasteiger partial charge in [0, 0.05) is 13.2 Å². The second kappa shape index (κ2) is 13.5. The Balaban J connectivity index is 3.44. The van der Waals surface area contributed by atoms with Gasteiger partial charge in [-0.1, -0.05) is 44.9 Å². The van der Waals surface area contributed by atoms with Gasteiger partial charge in [-0.15, -0.1) is 0 Å². The average Bonchev–Trinajstić information content (AvgIpc) is 2.37. The highest BCUT2D eigenvalue weighted by molar-refractivity contribution is 7.80. The van der Waals surface area contributed by atoms with E-state index in [0.29, 0.717) is 0 Å². The van der Waals surface area contributed by atoms with Crippen LogP contribution in [0.1, 0.15) is 65.2 Å². The van der Waals surface area contributed by atoms with Crippen molar-refractivity contribution in [2.24, 2.45) is 0 Å². The third-order valence-corrected chi connectivity index (χ3v) is 6.82. The normalized spacial score (nSPS) is 12.0. The first-order valence-electron chi connectivity index (χ1n) is 8.07. The fraction of sp³-hybridized carbons (Fsp3) is 1.00. The molecule has 0 aliphatic heterocycles. The zero-order chi connectivity index (χ0) is 14.4.